The van der Waals surface area contributed by atoms with Gasteiger partial charge < -0.3 is 14.8 Å². The first-order chi connectivity index (χ1) is 13.8. The molecule has 0 aliphatic heterocycles. The molecule has 0 saturated heterocycles. The molecule has 5 heteroatoms. The van der Waals surface area contributed by atoms with Gasteiger partial charge in [-0.05, 0) is 46.0 Å². The molecule has 0 aromatic heterocycles. The summed E-state index contributed by atoms with van der Waals surface area (Å²) in [5.74, 6) is -0.419. The molecule has 0 saturated carbocycles. The average Bonchev–Trinajstić information content (AvgIpc) is 2.70. The Hall–Kier alpha value is -3.34. The smallest absolute Gasteiger partial charge is 0.344 e. The van der Waals surface area contributed by atoms with E-state index in [9.17, 15) is 9.59 Å². The summed E-state index contributed by atoms with van der Waals surface area (Å²) >= 11 is 0. The van der Waals surface area contributed by atoms with Crippen LogP contribution in [0.2, 0.25) is 0 Å². The van der Waals surface area contributed by atoms with Crippen molar-refractivity contribution >= 4 is 28.3 Å². The van der Waals surface area contributed by atoms with Gasteiger partial charge in [0.15, 0.2) is 13.2 Å². The van der Waals surface area contributed by atoms with Crippen molar-refractivity contribution < 1.29 is 19.1 Å². The van der Waals surface area contributed by atoms with Crippen LogP contribution in [0.4, 0.5) is 5.69 Å². The fourth-order valence-corrected chi connectivity index (χ4v) is 2.85. The van der Waals surface area contributed by atoms with E-state index in [-0.39, 0.29) is 18.6 Å². The van der Waals surface area contributed by atoms with E-state index in [2.05, 4.69) is 26.1 Å². The maximum Gasteiger partial charge on any atom is 0.344 e. The van der Waals surface area contributed by atoms with Crippen molar-refractivity contribution in [2.45, 2.75) is 26.2 Å². The van der Waals surface area contributed by atoms with E-state index >= 15 is 0 Å². The van der Waals surface area contributed by atoms with Crippen molar-refractivity contribution in [3.63, 3.8) is 0 Å². The van der Waals surface area contributed by atoms with Crippen LogP contribution in [0.25, 0.3) is 10.8 Å². The highest BCUT2D eigenvalue weighted by Crippen LogP contribution is 2.24. The molecule has 0 spiro atoms. The third-order valence-electron chi connectivity index (χ3n) is 4.47. The molecule has 0 aliphatic rings. The third kappa shape index (κ3) is 5.82. The van der Waals surface area contributed by atoms with Gasteiger partial charge in [-0.3, -0.25) is 4.79 Å². The van der Waals surface area contributed by atoms with Crippen LogP contribution in [0.1, 0.15) is 26.3 Å². The zero-order valence-electron chi connectivity index (χ0n) is 16.9. The second kappa shape index (κ2) is 8.78. The van der Waals surface area contributed by atoms with Gasteiger partial charge in [-0.1, -0.05) is 63.2 Å². The molecule has 0 unspecified atom stereocenters. The lowest BCUT2D eigenvalue weighted by Gasteiger charge is -2.19. The predicted octanol–water partition coefficient (Wildman–Crippen LogP) is 4.70. The van der Waals surface area contributed by atoms with Gasteiger partial charge in [0.05, 0.1) is 0 Å². The number of amides is 1. The maximum absolute atomic E-state index is 12.0. The van der Waals surface area contributed by atoms with E-state index < -0.39 is 11.9 Å². The monoisotopic (exact) mass is 391 g/mol. The molecule has 1 N–H and O–H groups in total. The first-order valence-electron chi connectivity index (χ1n) is 9.49. The number of benzene rings is 3. The minimum atomic E-state index is -0.599. The number of esters is 1. The Labute approximate surface area is 170 Å². The molecule has 150 valence electrons. The van der Waals surface area contributed by atoms with Crippen LogP contribution in [0, 0.1) is 0 Å². The number of rotatable bonds is 6. The summed E-state index contributed by atoms with van der Waals surface area (Å²) in [6, 6.07) is 21.1. The van der Waals surface area contributed by atoms with Gasteiger partial charge in [-0.15, -0.1) is 0 Å². The van der Waals surface area contributed by atoms with E-state index in [1.165, 1.54) is 5.56 Å². The molecule has 1 amide bonds. The van der Waals surface area contributed by atoms with Crippen LogP contribution in [0.15, 0.2) is 66.7 Å². The first-order valence-corrected chi connectivity index (χ1v) is 9.49. The van der Waals surface area contributed by atoms with Crippen molar-refractivity contribution in [3.05, 3.63) is 72.3 Å². The second-order valence-electron chi connectivity index (χ2n) is 7.83. The lowest BCUT2D eigenvalue weighted by molar-refractivity contribution is -0.149. The second-order valence-corrected chi connectivity index (χ2v) is 7.83. The molecule has 0 atom stereocenters. The zero-order chi connectivity index (χ0) is 20.9. The van der Waals surface area contributed by atoms with Gasteiger partial charge in [-0.25, -0.2) is 4.79 Å². The summed E-state index contributed by atoms with van der Waals surface area (Å²) in [5, 5.41) is 4.84. The minimum Gasteiger partial charge on any atom is -0.482 e. The standard InChI is InChI=1S/C24H25NO4/c1-24(2,3)19-9-12-21(13-10-19)28-16-23(27)29-15-22(26)25-20-11-8-17-6-4-5-7-18(17)14-20/h4-14H,15-16H2,1-3H3,(H,25,26). The van der Waals surface area contributed by atoms with Crippen LogP contribution in [0.3, 0.4) is 0 Å². The Morgan fingerprint density at radius 2 is 1.55 bits per heavy atom. The third-order valence-corrected chi connectivity index (χ3v) is 4.47. The van der Waals surface area contributed by atoms with Crippen LogP contribution in [-0.2, 0) is 19.7 Å². The van der Waals surface area contributed by atoms with Crippen molar-refractivity contribution in [2.75, 3.05) is 18.5 Å². The summed E-state index contributed by atoms with van der Waals surface area (Å²) in [7, 11) is 0. The number of carbonyl (C=O) groups excluding carboxylic acids is 2. The Kier molecular flexibility index (Phi) is 6.17. The molecule has 3 rings (SSSR count). The van der Waals surface area contributed by atoms with Crippen LogP contribution >= 0.6 is 0 Å². The van der Waals surface area contributed by atoms with Gasteiger partial charge in [0, 0.05) is 5.69 Å². The highest BCUT2D eigenvalue weighted by Gasteiger charge is 2.14. The van der Waals surface area contributed by atoms with Gasteiger partial charge in [-0.2, -0.15) is 0 Å². The van der Waals surface area contributed by atoms with Gasteiger partial charge in [0.2, 0.25) is 0 Å². The normalized spacial score (nSPS) is 11.1. The molecule has 0 aliphatic carbocycles. The summed E-state index contributed by atoms with van der Waals surface area (Å²) in [5.41, 5.74) is 1.88. The van der Waals surface area contributed by atoms with Crippen LogP contribution in [-0.4, -0.2) is 25.1 Å². The van der Waals surface area contributed by atoms with Gasteiger partial charge in [0.25, 0.3) is 5.91 Å². The summed E-state index contributed by atoms with van der Waals surface area (Å²) in [6.45, 7) is 5.77. The van der Waals surface area contributed by atoms with Gasteiger partial charge in [0.1, 0.15) is 5.75 Å². The van der Waals surface area contributed by atoms with E-state index in [1.54, 1.807) is 0 Å². The maximum atomic E-state index is 12.0. The Balaban J connectivity index is 1.44. The fourth-order valence-electron chi connectivity index (χ4n) is 2.85. The Bertz CT molecular complexity index is 1000. The topological polar surface area (TPSA) is 64.6 Å². The molecular weight excluding hydrogens is 366 g/mol. The van der Waals surface area contributed by atoms with E-state index in [0.717, 1.165) is 10.8 Å². The number of nitrogens with one attached hydrogen (secondary N) is 1. The zero-order valence-corrected chi connectivity index (χ0v) is 16.9. The summed E-state index contributed by atoms with van der Waals surface area (Å²) < 4.78 is 10.4. The number of ether oxygens (including phenoxy) is 2. The first kappa shape index (κ1) is 20.4. The van der Waals surface area contributed by atoms with E-state index in [0.29, 0.717) is 11.4 Å². The number of fused-ring (bicyclic) bond motifs is 1. The average molecular weight is 391 g/mol. The molecule has 3 aromatic carbocycles. The number of anilines is 1. The highest BCUT2D eigenvalue weighted by molar-refractivity contribution is 5.95. The van der Waals surface area contributed by atoms with Crippen LogP contribution in [0.5, 0.6) is 5.75 Å². The molecule has 5 nitrogen and oxygen atoms in total. The van der Waals surface area contributed by atoms with Crippen molar-refractivity contribution in [2.24, 2.45) is 0 Å². The predicted molar refractivity (Wildman–Crippen MR) is 114 cm³/mol. The van der Waals surface area contributed by atoms with Crippen molar-refractivity contribution in [1.82, 2.24) is 0 Å². The molecule has 3 aromatic rings. The quantitative estimate of drug-likeness (QED) is 0.619. The summed E-state index contributed by atoms with van der Waals surface area (Å²) in [4.78, 5) is 23.9. The molecule has 0 heterocycles. The van der Waals surface area contributed by atoms with E-state index in [4.69, 9.17) is 9.47 Å². The lowest BCUT2D eigenvalue weighted by Crippen LogP contribution is -2.23. The fraction of sp³-hybridized carbons (Fsp3) is 0.250. The van der Waals surface area contributed by atoms with Crippen molar-refractivity contribution in [3.8, 4) is 5.75 Å². The molecule has 0 bridgehead atoms. The molecule has 0 fully saturated rings. The lowest BCUT2D eigenvalue weighted by atomic mass is 9.87. The van der Waals surface area contributed by atoms with E-state index in [1.807, 2.05) is 66.7 Å². The van der Waals surface area contributed by atoms with Gasteiger partial charge >= 0.3 is 5.97 Å². The SMILES string of the molecule is CC(C)(C)c1ccc(OCC(=O)OCC(=O)Nc2ccc3ccccc3c2)cc1. The van der Waals surface area contributed by atoms with Crippen LogP contribution < -0.4 is 10.1 Å². The van der Waals surface area contributed by atoms with Crippen molar-refractivity contribution in [1.29, 1.82) is 0 Å². The Morgan fingerprint density at radius 1 is 0.862 bits per heavy atom. The molecule has 0 radical (unpaired) electrons. The molecule has 29 heavy (non-hydrogen) atoms. The minimum absolute atomic E-state index is 0.0515. The Morgan fingerprint density at radius 3 is 2.24 bits per heavy atom. The number of hydrogen-bond acceptors (Lipinski definition) is 4. The highest BCUT2D eigenvalue weighted by atomic mass is 16.6. The number of carbonyl (C=O) groups is 2. The number of hydrogen-bond donors (Lipinski definition) is 1. The molecular formula is C24H25NO4. The summed E-state index contributed by atoms with van der Waals surface area (Å²) in [6.07, 6.45) is 0. The largest absolute Gasteiger partial charge is 0.482 e.